The third-order valence-electron chi connectivity index (χ3n) is 2.24. The molecule has 4 heteroatoms. The summed E-state index contributed by atoms with van der Waals surface area (Å²) in [5, 5.41) is 9.35. The number of rotatable bonds is 2. The third kappa shape index (κ3) is 1.76. The number of hydrogen-bond donors (Lipinski definition) is 1. The van der Waals surface area contributed by atoms with Gasteiger partial charge in [0.1, 0.15) is 11.0 Å². The summed E-state index contributed by atoms with van der Waals surface area (Å²) >= 11 is 5.75. The van der Waals surface area contributed by atoms with E-state index in [0.717, 1.165) is 18.9 Å². The molecule has 2 heterocycles. The van der Waals surface area contributed by atoms with Crippen LogP contribution in [-0.4, -0.2) is 29.8 Å². The molecule has 0 radical (unpaired) electrons. The van der Waals surface area contributed by atoms with E-state index >= 15 is 0 Å². The second-order valence-corrected chi connectivity index (χ2v) is 3.66. The van der Waals surface area contributed by atoms with Gasteiger partial charge in [0.15, 0.2) is 0 Å². The SMILES string of the molecule is OCC1CN(c2cccc(Cl)n2)C1. The lowest BCUT2D eigenvalue weighted by molar-refractivity contribution is 0.200. The van der Waals surface area contributed by atoms with E-state index < -0.39 is 0 Å². The lowest BCUT2D eigenvalue weighted by atomic mass is 10.0. The van der Waals surface area contributed by atoms with E-state index in [-0.39, 0.29) is 6.61 Å². The van der Waals surface area contributed by atoms with Crippen molar-refractivity contribution in [2.24, 2.45) is 5.92 Å². The van der Waals surface area contributed by atoms with Crippen molar-refractivity contribution in [3.05, 3.63) is 23.4 Å². The second kappa shape index (κ2) is 3.52. The van der Waals surface area contributed by atoms with Crippen LogP contribution in [0, 0.1) is 5.92 Å². The summed E-state index contributed by atoms with van der Waals surface area (Å²) in [5.41, 5.74) is 0. The van der Waals surface area contributed by atoms with Crippen LogP contribution >= 0.6 is 11.6 Å². The molecule has 0 amide bonds. The molecule has 1 saturated heterocycles. The van der Waals surface area contributed by atoms with Gasteiger partial charge >= 0.3 is 0 Å². The molecule has 2 rings (SSSR count). The highest BCUT2D eigenvalue weighted by molar-refractivity contribution is 6.29. The highest BCUT2D eigenvalue weighted by Crippen LogP contribution is 2.23. The summed E-state index contributed by atoms with van der Waals surface area (Å²) in [4.78, 5) is 6.28. The monoisotopic (exact) mass is 198 g/mol. The van der Waals surface area contributed by atoms with Crippen molar-refractivity contribution in [3.63, 3.8) is 0 Å². The average molecular weight is 199 g/mol. The fourth-order valence-electron chi connectivity index (χ4n) is 1.45. The van der Waals surface area contributed by atoms with E-state index in [4.69, 9.17) is 16.7 Å². The number of halogens is 1. The van der Waals surface area contributed by atoms with E-state index in [9.17, 15) is 0 Å². The van der Waals surface area contributed by atoms with Crippen molar-refractivity contribution < 1.29 is 5.11 Å². The fraction of sp³-hybridized carbons (Fsp3) is 0.444. The van der Waals surface area contributed by atoms with Crippen molar-refractivity contribution in [3.8, 4) is 0 Å². The summed E-state index contributed by atoms with van der Waals surface area (Å²) < 4.78 is 0. The second-order valence-electron chi connectivity index (χ2n) is 3.27. The van der Waals surface area contributed by atoms with Crippen molar-refractivity contribution >= 4 is 17.4 Å². The number of aliphatic hydroxyl groups is 1. The minimum absolute atomic E-state index is 0.261. The fourth-order valence-corrected chi connectivity index (χ4v) is 1.61. The Balaban J connectivity index is 2.03. The van der Waals surface area contributed by atoms with Crippen molar-refractivity contribution in [1.29, 1.82) is 0 Å². The maximum atomic E-state index is 8.83. The molecule has 1 N–H and O–H groups in total. The normalized spacial score (nSPS) is 17.2. The molecule has 0 aromatic carbocycles. The molecule has 0 unspecified atom stereocenters. The summed E-state index contributed by atoms with van der Waals surface area (Å²) in [6, 6.07) is 5.57. The lowest BCUT2D eigenvalue weighted by Crippen LogP contribution is -2.48. The van der Waals surface area contributed by atoms with Gasteiger partial charge in [0, 0.05) is 25.6 Å². The van der Waals surface area contributed by atoms with Gasteiger partial charge < -0.3 is 10.0 Å². The Hall–Kier alpha value is -0.800. The predicted octanol–water partition coefficient (Wildman–Crippen LogP) is 1.16. The minimum atomic E-state index is 0.261. The molecular weight excluding hydrogens is 188 g/mol. The van der Waals surface area contributed by atoms with Gasteiger partial charge in [-0.05, 0) is 12.1 Å². The molecule has 1 aliphatic heterocycles. The zero-order chi connectivity index (χ0) is 9.26. The minimum Gasteiger partial charge on any atom is -0.396 e. The molecule has 1 fully saturated rings. The third-order valence-corrected chi connectivity index (χ3v) is 2.45. The van der Waals surface area contributed by atoms with Crippen molar-refractivity contribution in [2.75, 3.05) is 24.6 Å². The van der Waals surface area contributed by atoms with Gasteiger partial charge in [-0.2, -0.15) is 0 Å². The molecule has 0 bridgehead atoms. The first-order valence-electron chi connectivity index (χ1n) is 4.28. The van der Waals surface area contributed by atoms with Gasteiger partial charge in [0.2, 0.25) is 0 Å². The van der Waals surface area contributed by atoms with E-state index in [1.165, 1.54) is 0 Å². The first-order chi connectivity index (χ1) is 6.29. The molecule has 1 aromatic heterocycles. The smallest absolute Gasteiger partial charge is 0.131 e. The maximum Gasteiger partial charge on any atom is 0.131 e. The van der Waals surface area contributed by atoms with E-state index in [2.05, 4.69) is 9.88 Å². The van der Waals surface area contributed by atoms with Gasteiger partial charge in [-0.15, -0.1) is 0 Å². The van der Waals surface area contributed by atoms with Crippen molar-refractivity contribution in [1.82, 2.24) is 4.98 Å². The number of pyridine rings is 1. The Morgan fingerprint density at radius 3 is 2.92 bits per heavy atom. The van der Waals surface area contributed by atoms with Crippen LogP contribution in [0.15, 0.2) is 18.2 Å². The zero-order valence-corrected chi connectivity index (χ0v) is 7.91. The Labute approximate surface area is 82.0 Å². The van der Waals surface area contributed by atoms with Crippen LogP contribution in [0.1, 0.15) is 0 Å². The largest absolute Gasteiger partial charge is 0.396 e. The van der Waals surface area contributed by atoms with Crippen LogP contribution in [-0.2, 0) is 0 Å². The van der Waals surface area contributed by atoms with Gasteiger partial charge in [-0.25, -0.2) is 4.98 Å². The molecule has 70 valence electrons. The van der Waals surface area contributed by atoms with Gasteiger partial charge in [0.05, 0.1) is 0 Å². The first kappa shape index (κ1) is 8.78. The van der Waals surface area contributed by atoms with Crippen molar-refractivity contribution in [2.45, 2.75) is 0 Å². The zero-order valence-electron chi connectivity index (χ0n) is 7.15. The standard InChI is InChI=1S/C9H11ClN2O/c10-8-2-1-3-9(11-8)12-4-7(5-12)6-13/h1-3,7,13H,4-6H2. The van der Waals surface area contributed by atoms with E-state index in [1.54, 1.807) is 6.07 Å². The van der Waals surface area contributed by atoms with Crippen LogP contribution in [0.3, 0.4) is 0 Å². The van der Waals surface area contributed by atoms with Crippen LogP contribution in [0.2, 0.25) is 5.15 Å². The van der Waals surface area contributed by atoms with Crippen LogP contribution in [0.4, 0.5) is 5.82 Å². The maximum absolute atomic E-state index is 8.83. The van der Waals surface area contributed by atoms with Gasteiger partial charge in [0.25, 0.3) is 0 Å². The number of aliphatic hydroxyl groups excluding tert-OH is 1. The van der Waals surface area contributed by atoms with Crippen LogP contribution in [0.25, 0.3) is 0 Å². The number of anilines is 1. The summed E-state index contributed by atoms with van der Waals surface area (Å²) in [6.07, 6.45) is 0. The van der Waals surface area contributed by atoms with Crippen LogP contribution in [0.5, 0.6) is 0 Å². The molecule has 0 saturated carbocycles. The van der Waals surface area contributed by atoms with E-state index in [1.807, 2.05) is 12.1 Å². The number of hydrogen-bond acceptors (Lipinski definition) is 3. The quantitative estimate of drug-likeness (QED) is 0.725. The predicted molar refractivity (Wildman–Crippen MR) is 52.0 cm³/mol. The summed E-state index contributed by atoms with van der Waals surface area (Å²) in [7, 11) is 0. The average Bonchev–Trinajstić information content (AvgIpc) is 2.02. The highest BCUT2D eigenvalue weighted by Gasteiger charge is 2.26. The molecule has 0 atom stereocenters. The van der Waals surface area contributed by atoms with E-state index in [0.29, 0.717) is 11.1 Å². The van der Waals surface area contributed by atoms with Gasteiger partial charge in [-0.1, -0.05) is 17.7 Å². The molecule has 0 aliphatic carbocycles. The van der Waals surface area contributed by atoms with Crippen LogP contribution < -0.4 is 4.90 Å². The summed E-state index contributed by atoms with van der Waals surface area (Å²) in [6.45, 7) is 2.02. The molecule has 1 aliphatic rings. The topological polar surface area (TPSA) is 36.4 Å². The molecule has 13 heavy (non-hydrogen) atoms. The molecule has 0 spiro atoms. The Bertz CT molecular complexity index is 299. The molecular formula is C9H11ClN2O. The Morgan fingerprint density at radius 1 is 1.54 bits per heavy atom. The first-order valence-corrected chi connectivity index (χ1v) is 4.66. The number of aromatic nitrogens is 1. The molecule has 3 nitrogen and oxygen atoms in total. The number of nitrogens with zero attached hydrogens (tertiary/aromatic N) is 2. The Morgan fingerprint density at radius 2 is 2.31 bits per heavy atom. The molecule has 1 aromatic rings. The highest BCUT2D eigenvalue weighted by atomic mass is 35.5. The summed E-state index contributed by atoms with van der Waals surface area (Å²) in [5.74, 6) is 1.30. The Kier molecular flexibility index (Phi) is 2.38. The lowest BCUT2D eigenvalue weighted by Gasteiger charge is -2.39. The van der Waals surface area contributed by atoms with Gasteiger partial charge in [-0.3, -0.25) is 0 Å².